The van der Waals surface area contributed by atoms with Gasteiger partial charge in [-0.25, -0.2) is 29.9 Å². The van der Waals surface area contributed by atoms with E-state index >= 15 is 0 Å². The van der Waals surface area contributed by atoms with Gasteiger partial charge in [0, 0.05) is 69.2 Å². The van der Waals surface area contributed by atoms with E-state index in [-0.39, 0.29) is 30.4 Å². The Morgan fingerprint density at radius 3 is 1.62 bits per heavy atom. The highest BCUT2D eigenvalue weighted by molar-refractivity contribution is 6.62. The number of nitrogens with one attached hydrogen (secondary N) is 2. The lowest BCUT2D eigenvalue weighted by Gasteiger charge is -2.32. The topological polar surface area (TPSA) is 206 Å². The van der Waals surface area contributed by atoms with Crippen LogP contribution in [0.25, 0.3) is 54.7 Å². The van der Waals surface area contributed by atoms with E-state index in [9.17, 15) is 0 Å². The second kappa shape index (κ2) is 25.5. The largest absolute Gasteiger partial charge is 0.498 e. The molecule has 8 aromatic heterocycles. The molecular weight excluding hydrogens is 1080 g/mol. The first-order valence-electron chi connectivity index (χ1n) is 28.9. The number of benzene rings is 2. The van der Waals surface area contributed by atoms with Gasteiger partial charge < -0.3 is 29.4 Å². The van der Waals surface area contributed by atoms with Crippen LogP contribution in [0, 0.1) is 0 Å². The highest BCUT2D eigenvalue weighted by Crippen LogP contribution is 2.39. The average molecular weight is 1150 g/mol. The lowest BCUT2D eigenvalue weighted by Crippen LogP contribution is -2.41. The van der Waals surface area contributed by atoms with Crippen LogP contribution < -0.4 is 25.6 Å². The zero-order chi connectivity index (χ0) is 58.4. The van der Waals surface area contributed by atoms with Crippen molar-refractivity contribution >= 4 is 79.4 Å². The molecule has 3 saturated heterocycles. The minimum atomic E-state index is -0.302. The predicted molar refractivity (Wildman–Crippen MR) is 331 cm³/mol. The van der Waals surface area contributed by atoms with E-state index in [1.807, 2.05) is 121 Å². The Labute approximate surface area is 494 Å². The molecule has 3 fully saturated rings. The molecule has 0 bridgehead atoms. The molecule has 2 aromatic carbocycles. The number of rotatable bonds is 16. The maximum atomic E-state index is 6.52. The number of fused-ring (bicyclic) bond motifs is 4. The molecule has 20 nitrogen and oxygen atoms in total. The maximum absolute atomic E-state index is 6.52. The average Bonchev–Trinajstić information content (AvgIpc) is 4.22. The summed E-state index contributed by atoms with van der Waals surface area (Å²) in [5.74, 6) is 2.57. The Balaban J connectivity index is 0.000000142. The van der Waals surface area contributed by atoms with Crippen LogP contribution in [0.1, 0.15) is 90.7 Å². The third-order valence-electron chi connectivity index (χ3n) is 16.0. The highest BCUT2D eigenvalue weighted by atomic mass is 35.5. The summed E-state index contributed by atoms with van der Waals surface area (Å²) in [5.41, 5.74) is 7.27. The van der Waals surface area contributed by atoms with Crippen LogP contribution in [0.5, 0.6) is 11.8 Å². The van der Waals surface area contributed by atoms with Gasteiger partial charge in [-0.3, -0.25) is 29.1 Å². The lowest BCUT2D eigenvalue weighted by atomic mass is 9.82. The number of nitrogens with zero attached hydrogens (tertiary/aromatic N) is 14. The molecule has 3 aliphatic heterocycles. The number of anilines is 2. The van der Waals surface area contributed by atoms with Crippen LogP contribution in [0.2, 0.25) is 5.02 Å². The Hall–Kier alpha value is -7.95. The monoisotopic (exact) mass is 1150 g/mol. The molecule has 0 saturated carbocycles. The Morgan fingerprint density at radius 1 is 0.607 bits per heavy atom. The molecule has 13 rings (SSSR count). The van der Waals surface area contributed by atoms with Crippen molar-refractivity contribution in [2.24, 2.45) is 14.1 Å². The van der Waals surface area contributed by atoms with E-state index in [4.69, 9.17) is 40.4 Å². The second-order valence-electron chi connectivity index (χ2n) is 22.6. The number of pyridine rings is 4. The molecular formula is C62H72BClN16O4. The summed E-state index contributed by atoms with van der Waals surface area (Å²) in [6, 6.07) is 23.6. The third-order valence-corrected chi connectivity index (χ3v) is 16.3. The summed E-state index contributed by atoms with van der Waals surface area (Å²) in [5, 5.41) is 20.0. The number of aryl methyl sites for hydroxylation is 2. The Kier molecular flexibility index (Phi) is 17.6. The molecule has 0 aliphatic carbocycles. The van der Waals surface area contributed by atoms with E-state index in [0.717, 1.165) is 111 Å². The Morgan fingerprint density at radius 2 is 1.11 bits per heavy atom. The summed E-state index contributed by atoms with van der Waals surface area (Å²) >= 11 is 6.52. The first-order valence-corrected chi connectivity index (χ1v) is 29.2. The zero-order valence-corrected chi connectivity index (χ0v) is 49.8. The van der Waals surface area contributed by atoms with Crippen LogP contribution in [0.4, 0.5) is 11.6 Å². The van der Waals surface area contributed by atoms with Gasteiger partial charge in [0.25, 0.3) is 0 Å². The molecule has 434 valence electrons. The lowest BCUT2D eigenvalue weighted by molar-refractivity contribution is 0.00578. The van der Waals surface area contributed by atoms with E-state index in [1.165, 1.54) is 25.7 Å². The first kappa shape index (κ1) is 57.9. The van der Waals surface area contributed by atoms with Gasteiger partial charge >= 0.3 is 7.12 Å². The van der Waals surface area contributed by atoms with Gasteiger partial charge in [0.1, 0.15) is 36.9 Å². The fraction of sp³-hybridized carbons (Fsp3) is 0.387. The van der Waals surface area contributed by atoms with Gasteiger partial charge in [0.2, 0.25) is 11.8 Å². The molecule has 2 N–H and O–H groups in total. The fourth-order valence-electron chi connectivity index (χ4n) is 10.7. The summed E-state index contributed by atoms with van der Waals surface area (Å²) in [6.07, 6.45) is 19.2. The quantitative estimate of drug-likeness (QED) is 0.0863. The standard InChI is InChI=1S/C28H30N8O.C24H25ClN6O.C10H17BN2O2/c1-19(33-27-26-23(30-18-31-27)9-6-10-29-26)24-15-20-7-5-8-22(21-16-32-35(2)17-21)25(20)28(34-24)37-14-13-36-11-3-4-12-36;1-16(29-23-22-19(27-15-28-23)8-5-9-26-22)20-14-17-6-4-7-18(25)21(17)24(30-20)32-13-12-31-10-2-3-11-31;1-9(2)10(3,4)15-11(14-9)8-6-12-13(5)7-8/h5-10,15-19H,3-4,11-14H2,1-2H3,(H,30,31,33);4-9,14-16H,2-3,10-13H2,1H3,(H,27,28,29);6-7H,1-5H3/t19-;16-;/m00./s1. The van der Waals surface area contributed by atoms with Crippen LogP contribution in [0.15, 0.2) is 123 Å². The second-order valence-corrected chi connectivity index (χ2v) is 23.0. The molecule has 0 spiro atoms. The molecule has 11 heterocycles. The number of halogens is 1. The molecule has 0 unspecified atom stereocenters. The van der Waals surface area contributed by atoms with E-state index in [1.54, 1.807) is 35.9 Å². The van der Waals surface area contributed by atoms with Crippen LogP contribution in [-0.4, -0.2) is 140 Å². The van der Waals surface area contributed by atoms with E-state index < -0.39 is 0 Å². The maximum Gasteiger partial charge on any atom is 0.498 e. The molecule has 10 aromatic rings. The van der Waals surface area contributed by atoms with Gasteiger partial charge in [-0.2, -0.15) is 10.2 Å². The first-order chi connectivity index (χ1) is 40.7. The number of hydrogen-bond donors (Lipinski definition) is 2. The number of ether oxygens (including phenoxy) is 2. The van der Waals surface area contributed by atoms with E-state index in [0.29, 0.717) is 41.6 Å². The summed E-state index contributed by atoms with van der Waals surface area (Å²) in [7, 11) is 3.51. The molecule has 84 heavy (non-hydrogen) atoms. The Bertz CT molecular complexity index is 3860. The zero-order valence-electron chi connectivity index (χ0n) is 49.0. The van der Waals surface area contributed by atoms with Crippen LogP contribution in [-0.2, 0) is 23.4 Å². The van der Waals surface area contributed by atoms with Gasteiger partial charge in [-0.05, 0) is 152 Å². The van der Waals surface area contributed by atoms with Gasteiger partial charge in [-0.15, -0.1) is 0 Å². The predicted octanol–water partition coefficient (Wildman–Crippen LogP) is 10.2. The number of likely N-dealkylation sites (tertiary alicyclic amines) is 2. The highest BCUT2D eigenvalue weighted by Gasteiger charge is 2.52. The van der Waals surface area contributed by atoms with Crippen molar-refractivity contribution in [1.29, 1.82) is 0 Å². The molecule has 22 heteroatoms. The van der Waals surface area contributed by atoms with Crippen molar-refractivity contribution in [1.82, 2.24) is 69.2 Å². The third kappa shape index (κ3) is 13.2. The molecule has 3 aliphatic rings. The molecule has 0 amide bonds. The van der Waals surface area contributed by atoms with Crippen molar-refractivity contribution in [3.05, 3.63) is 139 Å². The summed E-state index contributed by atoms with van der Waals surface area (Å²) < 4.78 is 27.9. The van der Waals surface area contributed by atoms with Crippen LogP contribution >= 0.6 is 11.6 Å². The van der Waals surface area contributed by atoms with Crippen molar-refractivity contribution in [3.63, 3.8) is 0 Å². The number of hydrogen-bond acceptors (Lipinski definition) is 18. The summed E-state index contributed by atoms with van der Waals surface area (Å²) in [6.45, 7) is 19.8. The van der Waals surface area contributed by atoms with Gasteiger partial charge in [-0.1, -0.05) is 41.9 Å². The minimum Gasteiger partial charge on any atom is -0.476 e. The fourth-order valence-corrected chi connectivity index (χ4v) is 10.9. The minimum absolute atomic E-state index is 0.126. The van der Waals surface area contributed by atoms with E-state index in [2.05, 4.69) is 91.7 Å². The van der Waals surface area contributed by atoms with Crippen molar-refractivity contribution in [2.75, 3.05) is 63.1 Å². The molecule has 0 radical (unpaired) electrons. The van der Waals surface area contributed by atoms with Crippen LogP contribution in [0.3, 0.4) is 0 Å². The van der Waals surface area contributed by atoms with Crippen molar-refractivity contribution in [3.8, 4) is 22.9 Å². The van der Waals surface area contributed by atoms with Gasteiger partial charge in [0.05, 0.1) is 67.7 Å². The molecule has 2 atom stereocenters. The number of aromatic nitrogens is 12. The SMILES string of the molecule is C[C@H](Nc1ncnc2cccnc12)c1cc2cccc(-c3cnn(C)c3)c2c(OCCN2CCCC2)n1.C[C@H](Nc1ncnc2cccnc12)c1cc2cccc(Cl)c2c(OCCN2CCCC2)n1.Cn1cc(B2OC(C)(C)C(C)(C)O2)cn1. The smallest absolute Gasteiger partial charge is 0.476 e. The summed E-state index contributed by atoms with van der Waals surface area (Å²) in [4.78, 5) is 41.1. The van der Waals surface area contributed by atoms with Crippen molar-refractivity contribution < 1.29 is 18.8 Å². The van der Waals surface area contributed by atoms with Crippen molar-refractivity contribution in [2.45, 2.75) is 90.5 Å². The normalized spacial score (nSPS) is 16.6. The van der Waals surface area contributed by atoms with Gasteiger partial charge in [0.15, 0.2) is 11.6 Å².